The molecule has 3 aromatic carbocycles. The summed E-state index contributed by atoms with van der Waals surface area (Å²) in [5, 5.41) is 3.90. The first-order chi connectivity index (χ1) is 10.2. The Balaban J connectivity index is 1.81. The van der Waals surface area contributed by atoms with E-state index in [1.807, 2.05) is 42.5 Å². The normalized spacial score (nSPS) is 10.3. The van der Waals surface area contributed by atoms with E-state index in [1.54, 1.807) is 6.07 Å². The summed E-state index contributed by atoms with van der Waals surface area (Å²) in [6.45, 7) is 0. The predicted molar refractivity (Wildman–Crippen MR) is 91.0 cm³/mol. The number of rotatable bonds is 3. The predicted octanol–water partition coefficient (Wildman–Crippen LogP) is 5.33. The molecular formula is C18H15ClN2. The van der Waals surface area contributed by atoms with Crippen LogP contribution in [0.4, 0.5) is 17.1 Å². The van der Waals surface area contributed by atoms with Crippen molar-refractivity contribution in [3.8, 4) is 11.1 Å². The number of halogens is 1. The van der Waals surface area contributed by atoms with Gasteiger partial charge >= 0.3 is 0 Å². The molecule has 0 bridgehead atoms. The van der Waals surface area contributed by atoms with Gasteiger partial charge in [0.15, 0.2) is 0 Å². The topological polar surface area (TPSA) is 38.0 Å². The quantitative estimate of drug-likeness (QED) is 0.640. The monoisotopic (exact) mass is 294 g/mol. The fraction of sp³-hybridized carbons (Fsp3) is 0. The minimum Gasteiger partial charge on any atom is -0.399 e. The first kappa shape index (κ1) is 13.5. The van der Waals surface area contributed by atoms with E-state index in [0.717, 1.165) is 11.4 Å². The van der Waals surface area contributed by atoms with Gasteiger partial charge in [-0.1, -0.05) is 54.1 Å². The van der Waals surface area contributed by atoms with E-state index in [-0.39, 0.29) is 0 Å². The molecular weight excluding hydrogens is 280 g/mol. The molecule has 0 unspecified atom stereocenters. The number of hydrogen-bond donors (Lipinski definition) is 2. The lowest BCUT2D eigenvalue weighted by Crippen LogP contribution is -1.92. The number of anilines is 3. The van der Waals surface area contributed by atoms with E-state index >= 15 is 0 Å². The summed E-state index contributed by atoms with van der Waals surface area (Å²) >= 11 is 6.16. The van der Waals surface area contributed by atoms with Crippen LogP contribution < -0.4 is 11.1 Å². The molecule has 0 atom stereocenters. The summed E-state index contributed by atoms with van der Waals surface area (Å²) in [6.07, 6.45) is 0. The fourth-order valence-electron chi connectivity index (χ4n) is 2.16. The Hall–Kier alpha value is -2.45. The molecule has 0 aliphatic heterocycles. The van der Waals surface area contributed by atoms with Crippen molar-refractivity contribution >= 4 is 28.7 Å². The van der Waals surface area contributed by atoms with Crippen LogP contribution in [-0.4, -0.2) is 0 Å². The van der Waals surface area contributed by atoms with Crippen molar-refractivity contribution in [3.05, 3.63) is 77.8 Å². The van der Waals surface area contributed by atoms with Crippen LogP contribution in [0.2, 0.25) is 5.02 Å². The molecule has 0 fully saturated rings. The average molecular weight is 295 g/mol. The average Bonchev–Trinajstić information content (AvgIpc) is 2.52. The lowest BCUT2D eigenvalue weighted by Gasteiger charge is -2.10. The molecule has 2 nitrogen and oxygen atoms in total. The van der Waals surface area contributed by atoms with E-state index in [1.165, 1.54) is 11.1 Å². The summed E-state index contributed by atoms with van der Waals surface area (Å²) in [5.41, 5.74) is 10.6. The van der Waals surface area contributed by atoms with Crippen LogP contribution in [0.3, 0.4) is 0 Å². The molecule has 3 heteroatoms. The molecule has 0 aliphatic carbocycles. The van der Waals surface area contributed by atoms with Gasteiger partial charge in [-0.05, 0) is 41.5 Å². The highest BCUT2D eigenvalue weighted by Gasteiger charge is 2.02. The molecule has 21 heavy (non-hydrogen) atoms. The second kappa shape index (κ2) is 5.90. The molecule has 3 N–H and O–H groups in total. The zero-order chi connectivity index (χ0) is 14.7. The smallest absolute Gasteiger partial charge is 0.0661 e. The molecule has 0 aromatic heterocycles. The third-order valence-corrected chi connectivity index (χ3v) is 3.58. The Morgan fingerprint density at radius 3 is 2.10 bits per heavy atom. The van der Waals surface area contributed by atoms with Crippen LogP contribution in [0.1, 0.15) is 0 Å². The Morgan fingerprint density at radius 2 is 1.43 bits per heavy atom. The van der Waals surface area contributed by atoms with Crippen molar-refractivity contribution < 1.29 is 0 Å². The van der Waals surface area contributed by atoms with Gasteiger partial charge in [0.25, 0.3) is 0 Å². The zero-order valence-corrected chi connectivity index (χ0v) is 12.1. The zero-order valence-electron chi connectivity index (χ0n) is 11.4. The van der Waals surface area contributed by atoms with Crippen LogP contribution in [0.25, 0.3) is 11.1 Å². The molecule has 0 aliphatic rings. The molecule has 0 heterocycles. The molecule has 104 valence electrons. The maximum absolute atomic E-state index is 6.16. The van der Waals surface area contributed by atoms with Crippen molar-refractivity contribution in [2.45, 2.75) is 0 Å². The number of nitrogens with two attached hydrogens (primary N) is 1. The van der Waals surface area contributed by atoms with Gasteiger partial charge in [0.2, 0.25) is 0 Å². The summed E-state index contributed by atoms with van der Waals surface area (Å²) in [7, 11) is 0. The van der Waals surface area contributed by atoms with Crippen LogP contribution >= 0.6 is 11.6 Å². The largest absolute Gasteiger partial charge is 0.399 e. The lowest BCUT2D eigenvalue weighted by atomic mass is 10.1. The molecule has 3 aromatic rings. The van der Waals surface area contributed by atoms with Gasteiger partial charge in [-0.3, -0.25) is 0 Å². The standard InChI is InChI=1S/C18H15ClN2/c19-17-12-15(20)8-11-18(17)21-16-9-6-14(7-10-16)13-4-2-1-3-5-13/h1-12,21H,20H2. The summed E-state index contributed by atoms with van der Waals surface area (Å²) < 4.78 is 0. The maximum Gasteiger partial charge on any atom is 0.0661 e. The number of hydrogen-bond acceptors (Lipinski definition) is 2. The summed E-state index contributed by atoms with van der Waals surface area (Å²) in [5.74, 6) is 0. The maximum atomic E-state index is 6.16. The van der Waals surface area contributed by atoms with Gasteiger partial charge in [-0.2, -0.15) is 0 Å². The number of benzene rings is 3. The minimum absolute atomic E-state index is 0.613. The molecule has 0 spiro atoms. The van der Waals surface area contributed by atoms with Gasteiger partial charge < -0.3 is 11.1 Å². The Labute approximate surface area is 129 Å². The Morgan fingerprint density at radius 1 is 0.762 bits per heavy atom. The van der Waals surface area contributed by atoms with Gasteiger partial charge in [0.1, 0.15) is 0 Å². The second-order valence-electron chi connectivity index (χ2n) is 4.81. The number of nitrogen functional groups attached to an aromatic ring is 1. The Bertz CT molecular complexity index is 737. The molecule has 3 rings (SSSR count). The first-order valence-electron chi connectivity index (χ1n) is 6.70. The first-order valence-corrected chi connectivity index (χ1v) is 7.08. The van der Waals surface area contributed by atoms with Crippen molar-refractivity contribution in [2.24, 2.45) is 0 Å². The Kier molecular flexibility index (Phi) is 3.80. The number of nitrogens with one attached hydrogen (secondary N) is 1. The van der Waals surface area contributed by atoms with Crippen LogP contribution in [-0.2, 0) is 0 Å². The lowest BCUT2D eigenvalue weighted by molar-refractivity contribution is 1.54. The summed E-state index contributed by atoms with van der Waals surface area (Å²) in [6, 6.07) is 24.0. The van der Waals surface area contributed by atoms with E-state index < -0.39 is 0 Å². The van der Waals surface area contributed by atoms with Crippen molar-refractivity contribution in [3.63, 3.8) is 0 Å². The van der Waals surface area contributed by atoms with Gasteiger partial charge in [-0.15, -0.1) is 0 Å². The molecule has 0 saturated heterocycles. The van der Waals surface area contributed by atoms with E-state index in [2.05, 4.69) is 29.6 Å². The van der Waals surface area contributed by atoms with Crippen LogP contribution in [0.15, 0.2) is 72.8 Å². The summed E-state index contributed by atoms with van der Waals surface area (Å²) in [4.78, 5) is 0. The van der Waals surface area contributed by atoms with Crippen molar-refractivity contribution in [2.75, 3.05) is 11.1 Å². The van der Waals surface area contributed by atoms with Gasteiger partial charge in [-0.25, -0.2) is 0 Å². The molecule has 0 saturated carbocycles. The highest BCUT2D eigenvalue weighted by atomic mass is 35.5. The van der Waals surface area contributed by atoms with E-state index in [9.17, 15) is 0 Å². The van der Waals surface area contributed by atoms with Crippen LogP contribution in [0.5, 0.6) is 0 Å². The van der Waals surface area contributed by atoms with Gasteiger partial charge in [0.05, 0.1) is 10.7 Å². The van der Waals surface area contributed by atoms with Gasteiger partial charge in [0, 0.05) is 11.4 Å². The third-order valence-electron chi connectivity index (χ3n) is 3.26. The van der Waals surface area contributed by atoms with E-state index in [0.29, 0.717) is 10.7 Å². The van der Waals surface area contributed by atoms with E-state index in [4.69, 9.17) is 17.3 Å². The van der Waals surface area contributed by atoms with Crippen molar-refractivity contribution in [1.82, 2.24) is 0 Å². The van der Waals surface area contributed by atoms with Crippen molar-refractivity contribution in [1.29, 1.82) is 0 Å². The highest BCUT2D eigenvalue weighted by Crippen LogP contribution is 2.28. The second-order valence-corrected chi connectivity index (χ2v) is 5.21. The molecule has 0 radical (unpaired) electrons. The minimum atomic E-state index is 0.613. The highest BCUT2D eigenvalue weighted by molar-refractivity contribution is 6.33. The third kappa shape index (κ3) is 3.18. The van der Waals surface area contributed by atoms with Crippen LogP contribution in [0, 0.1) is 0 Å². The SMILES string of the molecule is Nc1ccc(Nc2ccc(-c3ccccc3)cc2)c(Cl)c1. The fourth-order valence-corrected chi connectivity index (χ4v) is 2.40. The molecule has 0 amide bonds.